The van der Waals surface area contributed by atoms with Crippen molar-refractivity contribution in [3.05, 3.63) is 33.8 Å². The van der Waals surface area contributed by atoms with Crippen LogP contribution in [-0.2, 0) is 0 Å². The SMILES string of the molecule is CCNC(c1ccc(Br)cc1C)C1CCCCCC1. The Kier molecular flexibility index (Phi) is 5.90. The van der Waals surface area contributed by atoms with E-state index < -0.39 is 0 Å². The second-order valence-electron chi connectivity index (χ2n) is 5.79. The number of hydrogen-bond donors (Lipinski definition) is 1. The molecule has 0 heterocycles. The molecule has 0 aromatic heterocycles. The van der Waals surface area contributed by atoms with Gasteiger partial charge in [0.25, 0.3) is 0 Å². The van der Waals surface area contributed by atoms with Gasteiger partial charge in [-0.25, -0.2) is 0 Å². The van der Waals surface area contributed by atoms with Gasteiger partial charge in [-0.3, -0.25) is 0 Å². The van der Waals surface area contributed by atoms with Crippen LogP contribution in [0, 0.1) is 12.8 Å². The van der Waals surface area contributed by atoms with Crippen LogP contribution in [0.1, 0.15) is 62.6 Å². The van der Waals surface area contributed by atoms with E-state index in [0.717, 1.165) is 12.5 Å². The van der Waals surface area contributed by atoms with Crippen LogP contribution in [0.3, 0.4) is 0 Å². The van der Waals surface area contributed by atoms with Gasteiger partial charge in [0.05, 0.1) is 0 Å². The highest BCUT2D eigenvalue weighted by atomic mass is 79.9. The molecule has 1 aliphatic carbocycles. The summed E-state index contributed by atoms with van der Waals surface area (Å²) in [6.07, 6.45) is 8.42. The van der Waals surface area contributed by atoms with Gasteiger partial charge < -0.3 is 5.32 Å². The first-order valence-electron chi connectivity index (χ1n) is 7.71. The molecule has 0 bridgehead atoms. The number of halogens is 1. The van der Waals surface area contributed by atoms with Crippen LogP contribution in [0.25, 0.3) is 0 Å². The van der Waals surface area contributed by atoms with Gasteiger partial charge in [0.1, 0.15) is 0 Å². The third-order valence-corrected chi connectivity index (χ3v) is 4.86. The molecule has 0 aliphatic heterocycles. The van der Waals surface area contributed by atoms with Crippen LogP contribution in [0.4, 0.5) is 0 Å². The molecule has 1 saturated carbocycles. The summed E-state index contributed by atoms with van der Waals surface area (Å²) in [6, 6.07) is 7.27. The van der Waals surface area contributed by atoms with Crippen molar-refractivity contribution < 1.29 is 0 Å². The van der Waals surface area contributed by atoms with Crippen LogP contribution in [0.5, 0.6) is 0 Å². The van der Waals surface area contributed by atoms with Gasteiger partial charge in [-0.1, -0.05) is 54.6 Å². The van der Waals surface area contributed by atoms with Gasteiger partial charge in [-0.05, 0) is 55.5 Å². The zero-order valence-corrected chi connectivity index (χ0v) is 13.8. The number of benzene rings is 1. The largest absolute Gasteiger partial charge is 0.310 e. The Labute approximate surface area is 126 Å². The number of nitrogens with one attached hydrogen (secondary N) is 1. The van der Waals surface area contributed by atoms with Crippen molar-refractivity contribution in [2.45, 2.75) is 58.4 Å². The first-order chi connectivity index (χ1) is 9.22. The van der Waals surface area contributed by atoms with E-state index in [1.54, 1.807) is 0 Å². The van der Waals surface area contributed by atoms with E-state index in [9.17, 15) is 0 Å². The van der Waals surface area contributed by atoms with Crippen molar-refractivity contribution >= 4 is 15.9 Å². The van der Waals surface area contributed by atoms with Crippen molar-refractivity contribution in [3.8, 4) is 0 Å². The molecule has 0 amide bonds. The normalized spacial score (nSPS) is 19.1. The smallest absolute Gasteiger partial charge is 0.0351 e. The van der Waals surface area contributed by atoms with Crippen LogP contribution in [0.15, 0.2) is 22.7 Å². The van der Waals surface area contributed by atoms with Crippen LogP contribution >= 0.6 is 15.9 Å². The van der Waals surface area contributed by atoms with Gasteiger partial charge in [0, 0.05) is 10.5 Å². The lowest BCUT2D eigenvalue weighted by molar-refractivity contribution is 0.329. The maximum absolute atomic E-state index is 3.74. The zero-order valence-electron chi connectivity index (χ0n) is 12.2. The minimum Gasteiger partial charge on any atom is -0.310 e. The summed E-state index contributed by atoms with van der Waals surface area (Å²) in [7, 11) is 0. The summed E-state index contributed by atoms with van der Waals surface area (Å²) in [5, 5.41) is 3.74. The molecular weight excluding hydrogens is 298 g/mol. The molecule has 2 heteroatoms. The first kappa shape index (κ1) is 15.1. The summed E-state index contributed by atoms with van der Waals surface area (Å²) in [6.45, 7) is 5.51. The van der Waals surface area contributed by atoms with E-state index in [1.165, 1.54) is 54.1 Å². The van der Waals surface area contributed by atoms with Gasteiger partial charge in [-0.2, -0.15) is 0 Å². The van der Waals surface area contributed by atoms with Crippen molar-refractivity contribution in [1.29, 1.82) is 0 Å². The molecule has 1 aromatic carbocycles. The molecule has 19 heavy (non-hydrogen) atoms. The lowest BCUT2D eigenvalue weighted by Gasteiger charge is -2.29. The second kappa shape index (κ2) is 7.44. The van der Waals surface area contributed by atoms with Crippen molar-refractivity contribution in [2.24, 2.45) is 5.92 Å². The average Bonchev–Trinajstić information content (AvgIpc) is 2.65. The second-order valence-corrected chi connectivity index (χ2v) is 6.70. The lowest BCUT2D eigenvalue weighted by Crippen LogP contribution is -2.28. The fraction of sp³-hybridized carbons (Fsp3) is 0.647. The molecule has 1 unspecified atom stereocenters. The quantitative estimate of drug-likeness (QED) is 0.733. The molecule has 2 rings (SSSR count). The predicted octanol–water partition coefficient (Wildman–Crippen LogP) is 5.38. The van der Waals surface area contributed by atoms with Crippen LogP contribution in [0.2, 0.25) is 0 Å². The molecule has 1 N–H and O–H groups in total. The molecule has 0 radical (unpaired) electrons. The van der Waals surface area contributed by atoms with E-state index in [-0.39, 0.29) is 0 Å². The monoisotopic (exact) mass is 323 g/mol. The fourth-order valence-electron chi connectivity index (χ4n) is 3.38. The minimum absolute atomic E-state index is 0.538. The molecule has 1 atom stereocenters. The Morgan fingerprint density at radius 2 is 1.89 bits per heavy atom. The minimum atomic E-state index is 0.538. The summed E-state index contributed by atoms with van der Waals surface area (Å²) >= 11 is 3.57. The number of hydrogen-bond acceptors (Lipinski definition) is 1. The van der Waals surface area contributed by atoms with Gasteiger partial charge in [0.2, 0.25) is 0 Å². The van der Waals surface area contributed by atoms with Crippen molar-refractivity contribution in [1.82, 2.24) is 5.32 Å². The zero-order chi connectivity index (χ0) is 13.7. The van der Waals surface area contributed by atoms with E-state index in [2.05, 4.69) is 53.3 Å². The number of rotatable bonds is 4. The highest BCUT2D eigenvalue weighted by molar-refractivity contribution is 9.10. The molecule has 1 nitrogen and oxygen atoms in total. The highest BCUT2D eigenvalue weighted by Crippen LogP contribution is 2.35. The van der Waals surface area contributed by atoms with Crippen LogP contribution in [-0.4, -0.2) is 6.54 Å². The van der Waals surface area contributed by atoms with E-state index in [0.29, 0.717) is 6.04 Å². The lowest BCUT2D eigenvalue weighted by atomic mass is 9.85. The summed E-state index contributed by atoms with van der Waals surface area (Å²) in [5.74, 6) is 0.808. The molecule has 1 aromatic rings. The standard InChI is InChI=1S/C17H26BrN/c1-3-19-17(14-8-6-4-5-7-9-14)16-11-10-15(18)12-13(16)2/h10-12,14,17,19H,3-9H2,1-2H3. The third kappa shape index (κ3) is 4.06. The van der Waals surface area contributed by atoms with E-state index >= 15 is 0 Å². The molecule has 1 aliphatic rings. The Balaban J connectivity index is 2.22. The van der Waals surface area contributed by atoms with Gasteiger partial charge in [0.15, 0.2) is 0 Å². The number of aryl methyl sites for hydroxylation is 1. The Morgan fingerprint density at radius 1 is 1.21 bits per heavy atom. The average molecular weight is 324 g/mol. The molecule has 0 spiro atoms. The first-order valence-corrected chi connectivity index (χ1v) is 8.51. The summed E-state index contributed by atoms with van der Waals surface area (Å²) in [4.78, 5) is 0. The Bertz CT molecular complexity index is 394. The van der Waals surface area contributed by atoms with E-state index in [1.807, 2.05) is 0 Å². The molecule has 106 valence electrons. The maximum atomic E-state index is 3.74. The third-order valence-electron chi connectivity index (χ3n) is 4.36. The van der Waals surface area contributed by atoms with Crippen LogP contribution < -0.4 is 5.32 Å². The Hall–Kier alpha value is -0.340. The molecule has 1 fully saturated rings. The maximum Gasteiger partial charge on any atom is 0.0351 e. The van der Waals surface area contributed by atoms with Gasteiger partial charge in [-0.15, -0.1) is 0 Å². The summed E-state index contributed by atoms with van der Waals surface area (Å²) < 4.78 is 1.19. The molecule has 0 saturated heterocycles. The van der Waals surface area contributed by atoms with E-state index in [4.69, 9.17) is 0 Å². The molecular formula is C17H26BrN. The fourth-order valence-corrected chi connectivity index (χ4v) is 3.86. The van der Waals surface area contributed by atoms with Crippen molar-refractivity contribution in [3.63, 3.8) is 0 Å². The predicted molar refractivity (Wildman–Crippen MR) is 86.5 cm³/mol. The van der Waals surface area contributed by atoms with Gasteiger partial charge >= 0.3 is 0 Å². The van der Waals surface area contributed by atoms with Crippen molar-refractivity contribution in [2.75, 3.05) is 6.54 Å². The summed E-state index contributed by atoms with van der Waals surface area (Å²) in [5.41, 5.74) is 2.90. The topological polar surface area (TPSA) is 12.0 Å². The highest BCUT2D eigenvalue weighted by Gasteiger charge is 2.24. The Morgan fingerprint density at radius 3 is 2.47 bits per heavy atom.